The summed E-state index contributed by atoms with van der Waals surface area (Å²) in [7, 11) is 0. The van der Waals surface area contributed by atoms with E-state index in [0.29, 0.717) is 23.7 Å². The Balaban J connectivity index is 2.00. The second-order valence-electron chi connectivity index (χ2n) is 5.42. The van der Waals surface area contributed by atoms with E-state index >= 15 is 0 Å². The molecule has 0 saturated carbocycles. The number of hydrogen-bond acceptors (Lipinski definition) is 3. The first-order valence-electron chi connectivity index (χ1n) is 7.53. The van der Waals surface area contributed by atoms with Crippen molar-refractivity contribution < 1.29 is 14.7 Å². The molecule has 1 N–H and O–H groups in total. The van der Waals surface area contributed by atoms with Crippen LogP contribution in [0.15, 0.2) is 24.3 Å². The van der Waals surface area contributed by atoms with Gasteiger partial charge in [-0.1, -0.05) is 43.1 Å². The number of unbranched alkanes of at least 4 members (excludes halogenated alkanes) is 1. The summed E-state index contributed by atoms with van der Waals surface area (Å²) in [6.45, 7) is 3.77. The predicted octanol–water partition coefficient (Wildman–Crippen LogP) is 1.84. The number of halogens is 1. The first-order valence-corrected chi connectivity index (χ1v) is 7.91. The third-order valence-electron chi connectivity index (χ3n) is 3.85. The molecule has 1 aliphatic rings. The smallest absolute Gasteiger partial charge is 0.256 e. The van der Waals surface area contributed by atoms with Gasteiger partial charge in [-0.3, -0.25) is 9.59 Å². The summed E-state index contributed by atoms with van der Waals surface area (Å²) < 4.78 is 0. The Bertz CT molecular complexity index is 550. The van der Waals surface area contributed by atoms with E-state index in [4.69, 9.17) is 11.6 Å². The average molecular weight is 325 g/mol. The van der Waals surface area contributed by atoms with Crippen LogP contribution in [0.3, 0.4) is 0 Å². The topological polar surface area (TPSA) is 60.9 Å². The van der Waals surface area contributed by atoms with Crippen LogP contribution in [-0.2, 0) is 9.59 Å². The van der Waals surface area contributed by atoms with Crippen molar-refractivity contribution in [2.45, 2.75) is 25.9 Å². The van der Waals surface area contributed by atoms with Gasteiger partial charge in [-0.15, -0.1) is 0 Å². The highest BCUT2D eigenvalue weighted by Gasteiger charge is 2.31. The summed E-state index contributed by atoms with van der Waals surface area (Å²) in [5, 5.41) is 10.6. The average Bonchev–Trinajstić information content (AvgIpc) is 2.53. The van der Waals surface area contributed by atoms with E-state index in [2.05, 4.69) is 6.92 Å². The molecule has 22 heavy (non-hydrogen) atoms. The summed E-state index contributed by atoms with van der Waals surface area (Å²) in [4.78, 5) is 27.6. The molecule has 1 aromatic carbocycles. The molecule has 1 atom stereocenters. The number of aliphatic hydroxyl groups excluding tert-OH is 1. The van der Waals surface area contributed by atoms with Crippen molar-refractivity contribution in [1.82, 2.24) is 9.80 Å². The highest BCUT2D eigenvalue weighted by atomic mass is 35.5. The molecule has 1 aromatic rings. The van der Waals surface area contributed by atoms with E-state index in [0.717, 1.165) is 19.4 Å². The number of nitrogens with zero attached hydrogens (tertiary/aromatic N) is 2. The zero-order chi connectivity index (χ0) is 16.1. The van der Waals surface area contributed by atoms with Crippen molar-refractivity contribution in [1.29, 1.82) is 0 Å². The number of aliphatic hydroxyl groups is 1. The van der Waals surface area contributed by atoms with Crippen LogP contribution >= 0.6 is 11.6 Å². The van der Waals surface area contributed by atoms with Crippen molar-refractivity contribution in [3.63, 3.8) is 0 Å². The molecule has 1 heterocycles. The molecule has 0 spiro atoms. The van der Waals surface area contributed by atoms with Crippen molar-refractivity contribution in [2.24, 2.45) is 0 Å². The Kier molecular flexibility index (Phi) is 5.80. The van der Waals surface area contributed by atoms with Gasteiger partial charge >= 0.3 is 0 Å². The van der Waals surface area contributed by atoms with Crippen LogP contribution in [0.1, 0.15) is 31.4 Å². The summed E-state index contributed by atoms with van der Waals surface area (Å²) in [5.41, 5.74) is 0.370. The van der Waals surface area contributed by atoms with Crippen LogP contribution in [0.4, 0.5) is 0 Å². The highest BCUT2D eigenvalue weighted by molar-refractivity contribution is 6.31. The lowest BCUT2D eigenvalue weighted by molar-refractivity contribution is -0.150. The van der Waals surface area contributed by atoms with Crippen molar-refractivity contribution in [3.8, 4) is 0 Å². The largest absolute Gasteiger partial charge is 0.378 e. The molecule has 1 aliphatic heterocycles. The fourth-order valence-electron chi connectivity index (χ4n) is 2.48. The maximum Gasteiger partial charge on any atom is 0.256 e. The minimum Gasteiger partial charge on any atom is -0.378 e. The number of rotatable bonds is 5. The van der Waals surface area contributed by atoms with Crippen LogP contribution < -0.4 is 0 Å². The highest BCUT2D eigenvalue weighted by Crippen LogP contribution is 2.24. The Morgan fingerprint density at radius 2 is 2.09 bits per heavy atom. The van der Waals surface area contributed by atoms with Crippen LogP contribution in [0, 0.1) is 0 Å². The second kappa shape index (κ2) is 7.61. The van der Waals surface area contributed by atoms with Gasteiger partial charge in [0, 0.05) is 30.2 Å². The van der Waals surface area contributed by atoms with Gasteiger partial charge in [-0.05, 0) is 12.5 Å². The van der Waals surface area contributed by atoms with E-state index in [1.165, 1.54) is 4.90 Å². The molecular formula is C16H21ClN2O3. The minimum atomic E-state index is -1.33. The zero-order valence-electron chi connectivity index (χ0n) is 12.7. The van der Waals surface area contributed by atoms with E-state index in [-0.39, 0.29) is 12.5 Å². The maximum atomic E-state index is 12.4. The first kappa shape index (κ1) is 16.8. The van der Waals surface area contributed by atoms with E-state index < -0.39 is 12.0 Å². The van der Waals surface area contributed by atoms with Gasteiger partial charge in [0.15, 0.2) is 6.10 Å². The first-order chi connectivity index (χ1) is 10.5. The molecule has 1 fully saturated rings. The molecule has 2 amide bonds. The van der Waals surface area contributed by atoms with Gasteiger partial charge in [0.2, 0.25) is 5.91 Å². The van der Waals surface area contributed by atoms with Crippen LogP contribution in [-0.4, -0.2) is 52.9 Å². The summed E-state index contributed by atoms with van der Waals surface area (Å²) in [5.74, 6) is -0.545. The number of benzene rings is 1. The molecule has 0 aromatic heterocycles. The van der Waals surface area contributed by atoms with Crippen LogP contribution in [0.5, 0.6) is 0 Å². The lowest BCUT2D eigenvalue weighted by atomic mass is 10.1. The van der Waals surface area contributed by atoms with E-state index in [1.807, 2.05) is 0 Å². The third kappa shape index (κ3) is 3.78. The lowest BCUT2D eigenvalue weighted by Crippen LogP contribution is -2.53. The molecule has 1 saturated heterocycles. The predicted molar refractivity (Wildman–Crippen MR) is 84.5 cm³/mol. The van der Waals surface area contributed by atoms with E-state index in [1.54, 1.807) is 29.2 Å². The normalized spacial score (nSPS) is 16.8. The van der Waals surface area contributed by atoms with Gasteiger partial charge < -0.3 is 14.9 Å². The molecular weight excluding hydrogens is 304 g/mol. The zero-order valence-corrected chi connectivity index (χ0v) is 13.4. The van der Waals surface area contributed by atoms with Gasteiger partial charge in [0.05, 0.1) is 6.54 Å². The van der Waals surface area contributed by atoms with Crippen LogP contribution in [0.25, 0.3) is 0 Å². The van der Waals surface area contributed by atoms with Gasteiger partial charge in [0.25, 0.3) is 5.91 Å². The number of amides is 2. The van der Waals surface area contributed by atoms with Crippen molar-refractivity contribution >= 4 is 23.4 Å². The fourth-order valence-corrected chi connectivity index (χ4v) is 2.72. The fraction of sp³-hybridized carbons (Fsp3) is 0.500. The monoisotopic (exact) mass is 324 g/mol. The molecule has 6 heteroatoms. The van der Waals surface area contributed by atoms with Crippen LogP contribution in [0.2, 0.25) is 5.02 Å². The third-order valence-corrected chi connectivity index (χ3v) is 4.19. The number of carbonyl (C=O) groups excluding carboxylic acids is 2. The Labute approximate surface area is 135 Å². The van der Waals surface area contributed by atoms with Crippen molar-refractivity contribution in [3.05, 3.63) is 34.9 Å². The molecule has 0 bridgehead atoms. The van der Waals surface area contributed by atoms with Gasteiger partial charge in [0.1, 0.15) is 0 Å². The summed E-state index contributed by atoms with van der Waals surface area (Å²) in [6, 6.07) is 6.69. The van der Waals surface area contributed by atoms with Crippen molar-refractivity contribution in [2.75, 3.05) is 26.2 Å². The number of carbonyl (C=O) groups is 2. The molecule has 0 aliphatic carbocycles. The lowest BCUT2D eigenvalue weighted by Gasteiger charge is -2.35. The summed E-state index contributed by atoms with van der Waals surface area (Å²) in [6.07, 6.45) is 0.656. The Morgan fingerprint density at radius 3 is 2.73 bits per heavy atom. The van der Waals surface area contributed by atoms with Gasteiger partial charge in [-0.2, -0.15) is 0 Å². The molecule has 2 rings (SSSR count). The Hall–Kier alpha value is -1.59. The molecule has 120 valence electrons. The molecule has 5 nitrogen and oxygen atoms in total. The standard InChI is InChI=1S/C16H21ClN2O3/c1-2-3-8-18-9-10-19(11-14(18)20)16(22)15(21)12-6-4-5-7-13(12)17/h4-7,15,21H,2-3,8-11H2,1H3/t15-/m1/s1. The summed E-state index contributed by atoms with van der Waals surface area (Å²) >= 11 is 6.01. The molecule has 0 radical (unpaired) electrons. The number of hydrogen-bond donors (Lipinski definition) is 1. The van der Waals surface area contributed by atoms with Gasteiger partial charge in [-0.25, -0.2) is 0 Å². The second-order valence-corrected chi connectivity index (χ2v) is 5.83. The maximum absolute atomic E-state index is 12.4. The molecule has 0 unspecified atom stereocenters. The Morgan fingerprint density at radius 1 is 1.36 bits per heavy atom. The SMILES string of the molecule is CCCCN1CCN(C(=O)[C@H](O)c2ccccc2Cl)CC1=O. The minimum absolute atomic E-state index is 0.0179. The quantitative estimate of drug-likeness (QED) is 0.899. The van der Waals surface area contributed by atoms with E-state index in [9.17, 15) is 14.7 Å². The number of piperazine rings is 1.